The molecule has 1 atom stereocenters. The van der Waals surface area contributed by atoms with Crippen molar-refractivity contribution in [3.8, 4) is 5.75 Å². The Balaban J connectivity index is 2.13. The summed E-state index contributed by atoms with van der Waals surface area (Å²) in [7, 11) is 0. The predicted molar refractivity (Wildman–Crippen MR) is 65.3 cm³/mol. The number of hydrogen-bond donors (Lipinski definition) is 1. The van der Waals surface area contributed by atoms with Gasteiger partial charge in [0.15, 0.2) is 0 Å². The Morgan fingerprint density at radius 1 is 0.875 bits per heavy atom. The van der Waals surface area contributed by atoms with Crippen LogP contribution in [0.5, 0.6) is 5.75 Å². The molecule has 0 fully saturated rings. The molecule has 0 spiro atoms. The molecule has 16 heavy (non-hydrogen) atoms. The van der Waals surface area contributed by atoms with Crippen LogP contribution in [0.4, 0.5) is 0 Å². The lowest BCUT2D eigenvalue weighted by atomic mass is 10.1. The highest BCUT2D eigenvalue weighted by molar-refractivity contribution is 5.24. The maximum Gasteiger partial charge on any atom is 0.136 e. The monoisotopic (exact) mass is 213 g/mol. The van der Waals surface area contributed by atoms with Crippen LogP contribution in [0.15, 0.2) is 60.7 Å². The van der Waals surface area contributed by atoms with E-state index in [4.69, 9.17) is 10.5 Å². The molecule has 0 aliphatic heterocycles. The zero-order chi connectivity index (χ0) is 11.2. The van der Waals surface area contributed by atoms with Crippen molar-refractivity contribution < 1.29 is 4.74 Å². The molecular weight excluding hydrogens is 198 g/mol. The molecule has 0 radical (unpaired) electrons. The van der Waals surface area contributed by atoms with Crippen LogP contribution in [-0.2, 0) is 0 Å². The van der Waals surface area contributed by atoms with Crippen LogP contribution in [0, 0.1) is 0 Å². The summed E-state index contributed by atoms with van der Waals surface area (Å²) in [5, 5.41) is 0. The summed E-state index contributed by atoms with van der Waals surface area (Å²) in [6, 6.07) is 19.8. The number of ether oxygens (including phenoxy) is 1. The molecule has 0 amide bonds. The van der Waals surface area contributed by atoms with Crippen LogP contribution >= 0.6 is 0 Å². The largest absolute Gasteiger partial charge is 0.484 e. The van der Waals surface area contributed by atoms with Crippen molar-refractivity contribution in [2.24, 2.45) is 5.73 Å². The third-order valence-electron chi connectivity index (χ3n) is 2.41. The fraction of sp³-hybridized carbons (Fsp3) is 0.143. The lowest BCUT2D eigenvalue weighted by Crippen LogP contribution is -2.18. The first kappa shape index (κ1) is 10.7. The van der Waals surface area contributed by atoms with Gasteiger partial charge in [-0.1, -0.05) is 48.5 Å². The highest BCUT2D eigenvalue weighted by atomic mass is 16.5. The summed E-state index contributed by atoms with van der Waals surface area (Å²) in [4.78, 5) is 0. The molecule has 2 nitrogen and oxygen atoms in total. The van der Waals surface area contributed by atoms with Crippen LogP contribution in [0.2, 0.25) is 0 Å². The number of benzene rings is 2. The molecule has 2 aromatic rings. The van der Waals surface area contributed by atoms with Gasteiger partial charge >= 0.3 is 0 Å². The Morgan fingerprint density at radius 2 is 1.44 bits per heavy atom. The van der Waals surface area contributed by atoms with E-state index in [0.717, 1.165) is 11.3 Å². The molecule has 2 aromatic carbocycles. The van der Waals surface area contributed by atoms with Crippen LogP contribution in [-0.4, -0.2) is 6.54 Å². The van der Waals surface area contributed by atoms with Crippen molar-refractivity contribution in [1.29, 1.82) is 0 Å². The molecule has 2 heteroatoms. The third kappa shape index (κ3) is 2.61. The van der Waals surface area contributed by atoms with Crippen LogP contribution in [0.3, 0.4) is 0 Å². The molecule has 0 heterocycles. The Hall–Kier alpha value is -1.80. The summed E-state index contributed by atoms with van der Waals surface area (Å²) >= 11 is 0. The van der Waals surface area contributed by atoms with Crippen LogP contribution in [0.25, 0.3) is 0 Å². The molecule has 0 bridgehead atoms. The Bertz CT molecular complexity index is 413. The predicted octanol–water partition coefficient (Wildman–Crippen LogP) is 2.77. The first-order valence-electron chi connectivity index (χ1n) is 5.37. The summed E-state index contributed by atoms with van der Waals surface area (Å²) in [5.41, 5.74) is 6.83. The van der Waals surface area contributed by atoms with Gasteiger partial charge in [-0.25, -0.2) is 0 Å². The molecule has 0 aliphatic carbocycles. The maximum absolute atomic E-state index is 5.82. The number of hydrogen-bond acceptors (Lipinski definition) is 2. The second kappa shape index (κ2) is 5.33. The Morgan fingerprint density at radius 3 is 2.00 bits per heavy atom. The van der Waals surface area contributed by atoms with Crippen molar-refractivity contribution in [2.45, 2.75) is 6.10 Å². The average molecular weight is 213 g/mol. The van der Waals surface area contributed by atoms with Crippen molar-refractivity contribution in [2.75, 3.05) is 6.54 Å². The van der Waals surface area contributed by atoms with Gasteiger partial charge in [-0.05, 0) is 17.7 Å². The van der Waals surface area contributed by atoms with Gasteiger partial charge in [0.05, 0.1) is 0 Å². The van der Waals surface area contributed by atoms with Crippen LogP contribution in [0.1, 0.15) is 11.7 Å². The summed E-state index contributed by atoms with van der Waals surface area (Å²) in [6.45, 7) is 0.471. The minimum atomic E-state index is -0.0800. The highest BCUT2D eigenvalue weighted by Crippen LogP contribution is 2.20. The zero-order valence-electron chi connectivity index (χ0n) is 9.04. The second-order valence-electron chi connectivity index (χ2n) is 3.57. The van der Waals surface area contributed by atoms with Crippen molar-refractivity contribution in [1.82, 2.24) is 0 Å². The van der Waals surface area contributed by atoms with Crippen molar-refractivity contribution in [3.63, 3.8) is 0 Å². The van der Waals surface area contributed by atoms with Gasteiger partial charge < -0.3 is 10.5 Å². The van der Waals surface area contributed by atoms with E-state index in [1.165, 1.54) is 0 Å². The maximum atomic E-state index is 5.82. The molecular formula is C14H15NO. The lowest BCUT2D eigenvalue weighted by Gasteiger charge is -2.17. The van der Waals surface area contributed by atoms with E-state index in [2.05, 4.69) is 0 Å². The Kier molecular flexibility index (Phi) is 3.57. The van der Waals surface area contributed by atoms with E-state index in [0.29, 0.717) is 6.54 Å². The quantitative estimate of drug-likeness (QED) is 0.847. The molecule has 0 aromatic heterocycles. The lowest BCUT2D eigenvalue weighted by molar-refractivity contribution is 0.214. The fourth-order valence-corrected chi connectivity index (χ4v) is 1.58. The first-order valence-corrected chi connectivity index (χ1v) is 5.37. The highest BCUT2D eigenvalue weighted by Gasteiger charge is 2.10. The Labute approximate surface area is 95.7 Å². The smallest absolute Gasteiger partial charge is 0.136 e. The minimum absolute atomic E-state index is 0.0800. The summed E-state index contributed by atoms with van der Waals surface area (Å²) in [6.07, 6.45) is -0.0800. The van der Waals surface area contributed by atoms with E-state index in [9.17, 15) is 0 Å². The van der Waals surface area contributed by atoms with E-state index < -0.39 is 0 Å². The van der Waals surface area contributed by atoms with Gasteiger partial charge in [-0.3, -0.25) is 0 Å². The van der Waals surface area contributed by atoms with Gasteiger partial charge in [-0.15, -0.1) is 0 Å². The fourth-order valence-electron chi connectivity index (χ4n) is 1.58. The van der Waals surface area contributed by atoms with E-state index in [-0.39, 0.29) is 6.10 Å². The second-order valence-corrected chi connectivity index (χ2v) is 3.57. The van der Waals surface area contributed by atoms with Gasteiger partial charge in [0, 0.05) is 6.54 Å². The summed E-state index contributed by atoms with van der Waals surface area (Å²) in [5.74, 6) is 0.849. The number of para-hydroxylation sites is 1. The standard InChI is InChI=1S/C14H15NO/c15-11-14(12-7-3-1-4-8-12)16-13-9-5-2-6-10-13/h1-10,14H,11,15H2/t14-/m0/s1. The van der Waals surface area contributed by atoms with E-state index in [1.54, 1.807) is 0 Å². The van der Waals surface area contributed by atoms with E-state index >= 15 is 0 Å². The van der Waals surface area contributed by atoms with Crippen molar-refractivity contribution >= 4 is 0 Å². The molecule has 0 saturated heterocycles. The van der Waals surface area contributed by atoms with Gasteiger partial charge in [0.2, 0.25) is 0 Å². The molecule has 0 aliphatic rings. The molecule has 2 N–H and O–H groups in total. The summed E-state index contributed by atoms with van der Waals surface area (Å²) < 4.78 is 5.82. The third-order valence-corrected chi connectivity index (χ3v) is 2.41. The topological polar surface area (TPSA) is 35.2 Å². The molecule has 0 saturated carbocycles. The normalized spacial score (nSPS) is 12.1. The SMILES string of the molecule is NC[C@H](Oc1ccccc1)c1ccccc1. The first-order chi connectivity index (χ1) is 7.90. The van der Waals surface area contributed by atoms with E-state index in [1.807, 2.05) is 60.7 Å². The number of rotatable bonds is 4. The van der Waals surface area contributed by atoms with Crippen molar-refractivity contribution in [3.05, 3.63) is 66.2 Å². The van der Waals surface area contributed by atoms with Crippen LogP contribution < -0.4 is 10.5 Å². The molecule has 82 valence electrons. The minimum Gasteiger partial charge on any atom is -0.484 e. The average Bonchev–Trinajstić information content (AvgIpc) is 2.38. The van der Waals surface area contributed by atoms with Gasteiger partial charge in [0.25, 0.3) is 0 Å². The molecule has 0 unspecified atom stereocenters. The van der Waals surface area contributed by atoms with Gasteiger partial charge in [-0.2, -0.15) is 0 Å². The number of nitrogens with two attached hydrogens (primary N) is 1. The zero-order valence-corrected chi connectivity index (χ0v) is 9.04. The van der Waals surface area contributed by atoms with Gasteiger partial charge in [0.1, 0.15) is 11.9 Å². The molecule has 2 rings (SSSR count).